The smallest absolute Gasteiger partial charge is 0.331 e. The topological polar surface area (TPSA) is 107 Å². The maximum atomic E-state index is 13.5. The molecule has 2 aromatic carbocycles. The Balaban J connectivity index is 1.30. The van der Waals surface area contributed by atoms with Crippen molar-refractivity contribution in [2.45, 2.75) is 18.9 Å². The largest absolute Gasteiger partial charge is 0.347 e. The van der Waals surface area contributed by atoms with E-state index in [1.807, 2.05) is 54.6 Å². The number of benzene rings is 2. The van der Waals surface area contributed by atoms with Gasteiger partial charge in [0, 0.05) is 25.3 Å². The number of urea groups is 1. The van der Waals surface area contributed by atoms with Gasteiger partial charge in [0.05, 0.1) is 29.0 Å². The zero-order valence-electron chi connectivity index (χ0n) is 21.4. The van der Waals surface area contributed by atoms with Gasteiger partial charge in [-0.05, 0) is 49.2 Å². The summed E-state index contributed by atoms with van der Waals surface area (Å²) in [5.41, 5.74) is 3.94. The van der Waals surface area contributed by atoms with E-state index < -0.39 is 0 Å². The zero-order chi connectivity index (χ0) is 26.9. The third-order valence-electron chi connectivity index (χ3n) is 7.10. The fourth-order valence-electron chi connectivity index (χ4n) is 5.29. The van der Waals surface area contributed by atoms with Crippen molar-refractivity contribution >= 4 is 56.5 Å². The lowest BCUT2D eigenvalue weighted by Gasteiger charge is -2.33. The van der Waals surface area contributed by atoms with Crippen molar-refractivity contribution in [1.82, 2.24) is 20.5 Å². The molecule has 198 valence electrons. The molecule has 0 spiro atoms. The highest BCUT2D eigenvalue weighted by molar-refractivity contribution is 7.21. The molecule has 0 radical (unpaired) electrons. The number of aromatic nitrogens is 1. The Kier molecular flexibility index (Phi) is 6.72. The maximum Gasteiger partial charge on any atom is 0.331 e. The third kappa shape index (κ3) is 4.73. The fraction of sp³-hybridized carbons (Fsp3) is 0.241. The number of rotatable bonds is 6. The number of anilines is 3. The summed E-state index contributed by atoms with van der Waals surface area (Å²) in [6.07, 6.45) is 3.27. The highest BCUT2D eigenvalue weighted by atomic mass is 32.1. The molecule has 4 heterocycles. The first-order chi connectivity index (χ1) is 19.0. The van der Waals surface area contributed by atoms with E-state index in [-0.39, 0.29) is 30.4 Å². The van der Waals surface area contributed by atoms with Gasteiger partial charge in [-0.15, -0.1) is 11.3 Å². The summed E-state index contributed by atoms with van der Waals surface area (Å²) in [4.78, 5) is 48.3. The van der Waals surface area contributed by atoms with Crippen LogP contribution in [0.2, 0.25) is 0 Å². The van der Waals surface area contributed by atoms with Gasteiger partial charge in [-0.1, -0.05) is 42.5 Å². The minimum Gasteiger partial charge on any atom is -0.347 e. The summed E-state index contributed by atoms with van der Waals surface area (Å²) in [5, 5.41) is 9.69. The average molecular weight is 541 g/mol. The van der Waals surface area contributed by atoms with Gasteiger partial charge in [-0.25, -0.2) is 9.78 Å². The van der Waals surface area contributed by atoms with E-state index in [0.29, 0.717) is 34.2 Å². The van der Waals surface area contributed by atoms with E-state index in [2.05, 4.69) is 20.9 Å². The molecule has 3 N–H and O–H groups in total. The molecule has 0 saturated carbocycles. The number of amides is 4. The van der Waals surface area contributed by atoms with Crippen LogP contribution in [0.1, 0.15) is 22.5 Å². The van der Waals surface area contributed by atoms with Crippen molar-refractivity contribution in [3.63, 3.8) is 0 Å². The van der Waals surface area contributed by atoms with Gasteiger partial charge in [0.2, 0.25) is 5.91 Å². The van der Waals surface area contributed by atoms with Crippen molar-refractivity contribution < 1.29 is 14.4 Å². The van der Waals surface area contributed by atoms with Crippen LogP contribution in [0, 0.1) is 0 Å². The number of nitrogens with one attached hydrogen (secondary N) is 3. The molecule has 1 saturated heterocycles. The Morgan fingerprint density at radius 2 is 1.92 bits per heavy atom. The molecule has 4 amide bonds. The molecule has 0 bridgehead atoms. The summed E-state index contributed by atoms with van der Waals surface area (Å²) in [7, 11) is 1.74. The van der Waals surface area contributed by atoms with Crippen LogP contribution in [-0.4, -0.2) is 60.5 Å². The second kappa shape index (κ2) is 10.5. The first-order valence-electron chi connectivity index (χ1n) is 12.9. The molecule has 9 nitrogen and oxygen atoms in total. The molecule has 2 aliphatic heterocycles. The molecule has 10 heteroatoms. The lowest BCUT2D eigenvalue weighted by Crippen LogP contribution is -2.51. The predicted molar refractivity (Wildman–Crippen MR) is 154 cm³/mol. The van der Waals surface area contributed by atoms with E-state index in [0.717, 1.165) is 35.0 Å². The highest BCUT2D eigenvalue weighted by Gasteiger charge is 2.34. The average Bonchev–Trinajstić information content (AvgIpc) is 3.33. The SMILES string of the molecule is CNCC(=O)N1CCCC(NC(=O)c2sc3nccc4c3c2NC(=O)N4c2cccc(-c3ccccc3)c2)C1. The van der Waals surface area contributed by atoms with Crippen LogP contribution in [0.4, 0.5) is 21.9 Å². The Morgan fingerprint density at radius 1 is 1.10 bits per heavy atom. The normalized spacial score (nSPS) is 16.7. The maximum absolute atomic E-state index is 13.5. The van der Waals surface area contributed by atoms with E-state index in [1.165, 1.54) is 11.3 Å². The number of pyridine rings is 1. The minimum atomic E-state index is -0.339. The molecular formula is C29H28N6O3S. The second-order valence-corrected chi connectivity index (χ2v) is 10.7. The minimum absolute atomic E-state index is 0.0194. The Morgan fingerprint density at radius 3 is 2.74 bits per heavy atom. The van der Waals surface area contributed by atoms with Crippen molar-refractivity contribution in [3.05, 3.63) is 71.7 Å². The summed E-state index contributed by atoms with van der Waals surface area (Å²) < 4.78 is 0. The van der Waals surface area contributed by atoms with E-state index in [4.69, 9.17) is 0 Å². The molecular weight excluding hydrogens is 512 g/mol. The molecule has 1 unspecified atom stereocenters. The first kappa shape index (κ1) is 25.0. The number of piperidine rings is 1. The van der Waals surface area contributed by atoms with Gasteiger partial charge in [-0.3, -0.25) is 14.5 Å². The molecule has 2 aromatic heterocycles. The summed E-state index contributed by atoms with van der Waals surface area (Å²) in [5.74, 6) is -0.252. The molecule has 4 aromatic rings. The summed E-state index contributed by atoms with van der Waals surface area (Å²) >= 11 is 1.26. The fourth-order valence-corrected chi connectivity index (χ4v) is 6.31. The molecule has 0 aliphatic carbocycles. The van der Waals surface area contributed by atoms with Crippen molar-refractivity contribution in [3.8, 4) is 11.1 Å². The van der Waals surface area contributed by atoms with Gasteiger partial charge >= 0.3 is 6.03 Å². The van der Waals surface area contributed by atoms with Crippen molar-refractivity contribution in [2.75, 3.05) is 36.9 Å². The molecule has 6 rings (SSSR count). The third-order valence-corrected chi connectivity index (χ3v) is 8.20. The summed E-state index contributed by atoms with van der Waals surface area (Å²) in [6.45, 7) is 1.42. The van der Waals surface area contributed by atoms with Crippen LogP contribution in [0.25, 0.3) is 21.3 Å². The first-order valence-corrected chi connectivity index (χ1v) is 13.8. The highest BCUT2D eigenvalue weighted by Crippen LogP contribution is 2.46. The van der Waals surface area contributed by atoms with Gasteiger partial charge in [-0.2, -0.15) is 0 Å². The van der Waals surface area contributed by atoms with Crippen LogP contribution in [0.15, 0.2) is 66.9 Å². The lowest BCUT2D eigenvalue weighted by atomic mass is 10.0. The van der Waals surface area contributed by atoms with E-state index >= 15 is 0 Å². The van der Waals surface area contributed by atoms with Gasteiger partial charge < -0.3 is 20.9 Å². The molecule has 1 fully saturated rings. The lowest BCUT2D eigenvalue weighted by molar-refractivity contribution is -0.131. The van der Waals surface area contributed by atoms with Crippen molar-refractivity contribution in [1.29, 1.82) is 0 Å². The number of hydrogen-bond donors (Lipinski definition) is 3. The van der Waals surface area contributed by atoms with Gasteiger partial charge in [0.1, 0.15) is 9.71 Å². The standard InChI is InChI=1S/C29H28N6O3S/c1-30-16-23(36)34-14-6-10-20(17-34)32-27(37)26-25-24-22(12-13-31-28(24)39-26)35(29(38)33-25)21-11-5-9-19(15-21)18-7-3-2-4-8-18/h2-5,7-9,11-13,15,20,30H,6,10,14,16-17H2,1H3,(H,32,37)(H,33,38). The van der Waals surface area contributed by atoms with Crippen LogP contribution in [0.5, 0.6) is 0 Å². The second-order valence-electron chi connectivity index (χ2n) is 9.68. The van der Waals surface area contributed by atoms with Crippen LogP contribution >= 0.6 is 11.3 Å². The number of hydrogen-bond acceptors (Lipinski definition) is 6. The van der Waals surface area contributed by atoms with Crippen LogP contribution < -0.4 is 20.9 Å². The Bertz CT molecular complexity index is 1570. The summed E-state index contributed by atoms with van der Waals surface area (Å²) in [6, 6.07) is 19.1. The van der Waals surface area contributed by atoms with E-state index in [1.54, 1.807) is 29.1 Å². The van der Waals surface area contributed by atoms with Gasteiger partial charge in [0.15, 0.2) is 0 Å². The number of carbonyl (C=O) groups is 3. The number of carbonyl (C=O) groups excluding carboxylic acids is 3. The van der Waals surface area contributed by atoms with Gasteiger partial charge in [0.25, 0.3) is 5.91 Å². The number of likely N-dealkylation sites (N-methyl/N-ethyl adjacent to an activating group) is 1. The van der Waals surface area contributed by atoms with E-state index in [9.17, 15) is 14.4 Å². The zero-order valence-corrected chi connectivity index (χ0v) is 22.3. The predicted octanol–water partition coefficient (Wildman–Crippen LogP) is 4.59. The molecule has 1 atom stereocenters. The molecule has 2 aliphatic rings. The Hall–Kier alpha value is -4.28. The monoisotopic (exact) mass is 540 g/mol. The van der Waals surface area contributed by atoms with Crippen LogP contribution in [0.3, 0.4) is 0 Å². The molecule has 39 heavy (non-hydrogen) atoms. The number of nitrogens with zero attached hydrogens (tertiary/aromatic N) is 3. The Labute approximate surface area is 229 Å². The van der Waals surface area contributed by atoms with Crippen LogP contribution in [-0.2, 0) is 4.79 Å². The number of thiophene rings is 1. The van der Waals surface area contributed by atoms with Crippen molar-refractivity contribution in [2.24, 2.45) is 0 Å². The quantitative estimate of drug-likeness (QED) is 0.332. The number of likely N-dealkylation sites (tertiary alicyclic amines) is 1.